The molecule has 0 spiro atoms. The summed E-state index contributed by atoms with van der Waals surface area (Å²) in [5, 5.41) is 7.37. The first-order chi connectivity index (χ1) is 10.1. The number of hydrogen-bond donors (Lipinski definition) is 2. The third-order valence-corrected chi connectivity index (χ3v) is 3.55. The summed E-state index contributed by atoms with van der Waals surface area (Å²) in [4.78, 5) is 15.6. The number of carbonyl (C=O) groups excluding carboxylic acids is 1. The number of nitrogens with one attached hydrogen (secondary N) is 1. The molecule has 6 heteroatoms. The van der Waals surface area contributed by atoms with Gasteiger partial charge in [0, 0.05) is 26.2 Å². The summed E-state index contributed by atoms with van der Waals surface area (Å²) in [7, 11) is 0. The maximum Gasteiger partial charge on any atom is 0.226 e. The van der Waals surface area contributed by atoms with E-state index in [2.05, 4.69) is 0 Å². The van der Waals surface area contributed by atoms with Gasteiger partial charge in [0.25, 0.3) is 0 Å². The van der Waals surface area contributed by atoms with Gasteiger partial charge in [0.2, 0.25) is 5.91 Å². The van der Waals surface area contributed by atoms with Gasteiger partial charge in [-0.2, -0.15) is 0 Å². The fraction of sp³-hybridized carbons (Fsp3) is 0.467. The van der Waals surface area contributed by atoms with Crippen LogP contribution in [0.15, 0.2) is 24.3 Å². The Morgan fingerprint density at radius 1 is 1.29 bits per heavy atom. The molecule has 2 rings (SSSR count). The number of nitrogens with zero attached hydrogens (tertiary/aromatic N) is 2. The Bertz CT molecular complexity index is 510. The van der Waals surface area contributed by atoms with E-state index in [0.29, 0.717) is 39.2 Å². The van der Waals surface area contributed by atoms with Crippen LogP contribution in [0.5, 0.6) is 5.75 Å². The van der Waals surface area contributed by atoms with Crippen LogP contribution in [0.3, 0.4) is 0 Å². The van der Waals surface area contributed by atoms with Crippen LogP contribution in [-0.4, -0.2) is 54.5 Å². The fourth-order valence-electron chi connectivity index (χ4n) is 2.32. The van der Waals surface area contributed by atoms with Crippen molar-refractivity contribution in [3.05, 3.63) is 29.8 Å². The first-order valence-electron chi connectivity index (χ1n) is 7.12. The minimum atomic E-state index is 0.0740. The highest BCUT2D eigenvalue weighted by molar-refractivity contribution is 5.78. The van der Waals surface area contributed by atoms with E-state index in [0.717, 1.165) is 11.3 Å². The predicted octanol–water partition coefficient (Wildman–Crippen LogP) is 0.802. The Kier molecular flexibility index (Phi) is 5.03. The minimum Gasteiger partial charge on any atom is -0.493 e. The summed E-state index contributed by atoms with van der Waals surface area (Å²) >= 11 is 0. The number of ether oxygens (including phenoxy) is 1. The second kappa shape index (κ2) is 6.97. The van der Waals surface area contributed by atoms with Crippen molar-refractivity contribution in [3.63, 3.8) is 0 Å². The molecule has 0 atom stereocenters. The standard InChI is InChI=1S/C15H22N4O2/c1-12-3-2-4-13(11-12)21-10-5-14(20)18-6-8-19(9-7-18)15(16)17/h2-4,11H,5-10H2,1H3,(H3,16,17). The Morgan fingerprint density at radius 2 is 1.95 bits per heavy atom. The molecular formula is C15H22N4O2. The van der Waals surface area contributed by atoms with Crippen LogP contribution in [0.2, 0.25) is 0 Å². The third kappa shape index (κ3) is 4.37. The molecule has 1 fully saturated rings. The highest BCUT2D eigenvalue weighted by Gasteiger charge is 2.21. The molecule has 1 amide bonds. The van der Waals surface area contributed by atoms with Crippen LogP contribution in [0.1, 0.15) is 12.0 Å². The van der Waals surface area contributed by atoms with Gasteiger partial charge < -0.3 is 20.3 Å². The molecule has 0 radical (unpaired) electrons. The molecule has 1 aromatic rings. The van der Waals surface area contributed by atoms with Gasteiger partial charge in [0.05, 0.1) is 13.0 Å². The summed E-state index contributed by atoms with van der Waals surface area (Å²) < 4.78 is 5.60. The van der Waals surface area contributed by atoms with Crippen LogP contribution in [0, 0.1) is 12.3 Å². The van der Waals surface area contributed by atoms with Gasteiger partial charge in [-0.25, -0.2) is 0 Å². The number of hydrogen-bond acceptors (Lipinski definition) is 3. The number of carbonyl (C=O) groups is 1. The molecule has 21 heavy (non-hydrogen) atoms. The Labute approximate surface area is 125 Å². The molecule has 0 saturated carbocycles. The Hall–Kier alpha value is -2.24. The summed E-state index contributed by atoms with van der Waals surface area (Å²) in [5.74, 6) is 0.958. The zero-order valence-corrected chi connectivity index (χ0v) is 12.3. The molecule has 1 aromatic carbocycles. The number of rotatable bonds is 4. The monoisotopic (exact) mass is 290 g/mol. The molecule has 0 unspecified atom stereocenters. The summed E-state index contributed by atoms with van der Waals surface area (Å²) in [6, 6.07) is 7.79. The quantitative estimate of drug-likeness (QED) is 0.635. The van der Waals surface area contributed by atoms with Crippen molar-refractivity contribution in [2.75, 3.05) is 32.8 Å². The summed E-state index contributed by atoms with van der Waals surface area (Å²) in [5.41, 5.74) is 6.57. The van der Waals surface area contributed by atoms with Gasteiger partial charge in [0.15, 0.2) is 5.96 Å². The summed E-state index contributed by atoms with van der Waals surface area (Å²) in [6.07, 6.45) is 0.369. The van der Waals surface area contributed by atoms with Crippen LogP contribution in [0.4, 0.5) is 0 Å². The van der Waals surface area contributed by atoms with Crippen molar-refractivity contribution in [1.82, 2.24) is 9.80 Å². The molecule has 0 aliphatic carbocycles. The molecule has 3 N–H and O–H groups in total. The van der Waals surface area contributed by atoms with Gasteiger partial charge in [-0.3, -0.25) is 10.2 Å². The van der Waals surface area contributed by atoms with Gasteiger partial charge in [-0.1, -0.05) is 12.1 Å². The second-order valence-electron chi connectivity index (χ2n) is 5.17. The van der Waals surface area contributed by atoms with Crippen LogP contribution in [-0.2, 0) is 4.79 Å². The van der Waals surface area contributed by atoms with Gasteiger partial charge in [-0.15, -0.1) is 0 Å². The number of nitrogens with two attached hydrogens (primary N) is 1. The van der Waals surface area contributed by atoms with Crippen molar-refractivity contribution in [2.45, 2.75) is 13.3 Å². The molecular weight excluding hydrogens is 268 g/mol. The zero-order chi connectivity index (χ0) is 15.2. The second-order valence-corrected chi connectivity index (χ2v) is 5.17. The van der Waals surface area contributed by atoms with E-state index in [-0.39, 0.29) is 11.9 Å². The lowest BCUT2D eigenvalue weighted by molar-refractivity contribution is -0.133. The van der Waals surface area contributed by atoms with Crippen molar-refractivity contribution in [2.24, 2.45) is 5.73 Å². The summed E-state index contributed by atoms with van der Waals surface area (Å²) in [6.45, 7) is 4.87. The lowest BCUT2D eigenvalue weighted by atomic mass is 10.2. The minimum absolute atomic E-state index is 0.0740. The SMILES string of the molecule is Cc1cccc(OCCC(=O)N2CCN(C(=N)N)CC2)c1. The third-order valence-electron chi connectivity index (χ3n) is 3.55. The topological polar surface area (TPSA) is 82.7 Å². The highest BCUT2D eigenvalue weighted by atomic mass is 16.5. The van der Waals surface area contributed by atoms with E-state index in [1.807, 2.05) is 31.2 Å². The smallest absolute Gasteiger partial charge is 0.226 e. The maximum atomic E-state index is 12.1. The molecule has 6 nitrogen and oxygen atoms in total. The largest absolute Gasteiger partial charge is 0.493 e. The molecule has 0 bridgehead atoms. The molecule has 1 aliphatic rings. The van der Waals surface area contributed by atoms with E-state index >= 15 is 0 Å². The van der Waals surface area contributed by atoms with Gasteiger partial charge >= 0.3 is 0 Å². The van der Waals surface area contributed by atoms with Crippen molar-refractivity contribution in [1.29, 1.82) is 5.41 Å². The normalized spacial score (nSPS) is 14.9. The van der Waals surface area contributed by atoms with Gasteiger partial charge in [0.1, 0.15) is 5.75 Å². The average Bonchev–Trinajstić information content (AvgIpc) is 2.47. The number of piperazine rings is 1. The molecule has 0 aromatic heterocycles. The van der Waals surface area contributed by atoms with Crippen LogP contribution in [0.25, 0.3) is 0 Å². The maximum absolute atomic E-state index is 12.1. The zero-order valence-electron chi connectivity index (χ0n) is 12.3. The van der Waals surface area contributed by atoms with Crippen molar-refractivity contribution in [3.8, 4) is 5.75 Å². The van der Waals surface area contributed by atoms with E-state index < -0.39 is 0 Å². The molecule has 1 saturated heterocycles. The van der Waals surface area contributed by atoms with E-state index in [1.54, 1.807) is 9.80 Å². The van der Waals surface area contributed by atoms with Crippen LogP contribution < -0.4 is 10.5 Å². The first kappa shape index (κ1) is 15.2. The van der Waals surface area contributed by atoms with Crippen molar-refractivity contribution >= 4 is 11.9 Å². The van der Waals surface area contributed by atoms with E-state index in [9.17, 15) is 4.79 Å². The first-order valence-corrected chi connectivity index (χ1v) is 7.12. The molecule has 114 valence electrons. The predicted molar refractivity (Wildman–Crippen MR) is 81.4 cm³/mol. The number of amides is 1. The van der Waals surface area contributed by atoms with Crippen LogP contribution >= 0.6 is 0 Å². The molecule has 1 heterocycles. The number of benzene rings is 1. The van der Waals surface area contributed by atoms with Crippen molar-refractivity contribution < 1.29 is 9.53 Å². The lowest BCUT2D eigenvalue weighted by Crippen LogP contribution is -2.52. The fourth-order valence-corrected chi connectivity index (χ4v) is 2.32. The average molecular weight is 290 g/mol. The highest BCUT2D eigenvalue weighted by Crippen LogP contribution is 2.13. The van der Waals surface area contributed by atoms with Gasteiger partial charge in [-0.05, 0) is 24.6 Å². The Balaban J connectivity index is 1.72. The van der Waals surface area contributed by atoms with E-state index in [4.69, 9.17) is 15.9 Å². The lowest BCUT2D eigenvalue weighted by Gasteiger charge is -2.34. The molecule has 1 aliphatic heterocycles. The number of guanidine groups is 1. The van der Waals surface area contributed by atoms with E-state index in [1.165, 1.54) is 0 Å². The number of aryl methyl sites for hydroxylation is 1. The Morgan fingerprint density at radius 3 is 2.57 bits per heavy atom.